The van der Waals surface area contributed by atoms with Crippen LogP contribution in [0.5, 0.6) is 0 Å². The van der Waals surface area contributed by atoms with Crippen LogP contribution in [0, 0.1) is 0 Å². The van der Waals surface area contributed by atoms with Crippen molar-refractivity contribution >= 4 is 0 Å². The summed E-state index contributed by atoms with van der Waals surface area (Å²) in [6.07, 6.45) is -8.41. The molecule has 0 fully saturated rings. The van der Waals surface area contributed by atoms with Crippen molar-refractivity contribution in [1.29, 1.82) is 0 Å². The lowest BCUT2D eigenvalue weighted by atomic mass is 10.4. The van der Waals surface area contributed by atoms with Crippen molar-refractivity contribution in [1.82, 2.24) is 0 Å². The number of rotatable bonds is 8. The fraction of sp³-hybridized carbons (Fsp3) is 1.00. The molecule has 7 heteroatoms. The van der Waals surface area contributed by atoms with Gasteiger partial charge in [-0.2, -0.15) is 17.6 Å². The summed E-state index contributed by atoms with van der Waals surface area (Å²) in [5, 5.41) is 7.74. The van der Waals surface area contributed by atoms with Gasteiger partial charge in [0.25, 0.3) is 0 Å². The van der Waals surface area contributed by atoms with Crippen molar-refractivity contribution in [2.75, 3.05) is 19.8 Å². The van der Waals surface area contributed by atoms with Crippen LogP contribution in [-0.2, 0) is 9.47 Å². The van der Waals surface area contributed by atoms with Crippen molar-refractivity contribution in [2.24, 2.45) is 0 Å². The van der Waals surface area contributed by atoms with Gasteiger partial charge in [0.15, 0.2) is 0 Å². The van der Waals surface area contributed by atoms with Crippen LogP contribution in [-0.4, -0.2) is 37.1 Å². The van der Waals surface area contributed by atoms with E-state index in [1.165, 1.54) is 0 Å². The average molecular weight is 234 g/mol. The third-order valence-electron chi connectivity index (χ3n) is 1.50. The van der Waals surface area contributed by atoms with Gasteiger partial charge in [-0.15, -0.1) is 0 Å². The third-order valence-corrected chi connectivity index (χ3v) is 1.50. The monoisotopic (exact) mass is 234 g/mol. The van der Waals surface area contributed by atoms with Crippen LogP contribution in [0.4, 0.5) is 17.6 Å². The predicted molar refractivity (Wildman–Crippen MR) is 43.8 cm³/mol. The van der Waals surface area contributed by atoms with Gasteiger partial charge in [-0.1, -0.05) is 13.3 Å². The number of hydrogen-bond acceptors (Lipinski definition) is 3. The maximum Gasteiger partial charge on any atom is 0.448 e. The maximum absolute atomic E-state index is 12.2. The lowest BCUT2D eigenvalue weighted by molar-refractivity contribution is -0.419. The average Bonchev–Trinajstić information content (AvgIpc) is 2.09. The lowest BCUT2D eigenvalue weighted by Crippen LogP contribution is -2.43. The minimum absolute atomic E-state index is 0.217. The maximum atomic E-state index is 12.2. The summed E-state index contributed by atoms with van der Waals surface area (Å²) in [4.78, 5) is 0. The molecule has 0 aliphatic rings. The second-order valence-electron chi connectivity index (χ2n) is 2.87. The molecule has 0 saturated carbocycles. The molecular formula is C8H14F4O3. The van der Waals surface area contributed by atoms with Gasteiger partial charge in [0.1, 0.15) is 0 Å². The number of unbranched alkanes of at least 4 members (excludes halogenated alkanes) is 1. The molecule has 0 rings (SSSR count). The molecule has 0 atom stereocenters. The van der Waals surface area contributed by atoms with Crippen LogP contribution in [0.2, 0.25) is 0 Å². The van der Waals surface area contributed by atoms with Gasteiger partial charge in [0.05, 0.1) is 13.2 Å². The van der Waals surface area contributed by atoms with Crippen molar-refractivity contribution in [3.63, 3.8) is 0 Å². The molecule has 0 aromatic heterocycles. The Hall–Kier alpha value is -0.400. The zero-order valence-electron chi connectivity index (χ0n) is 8.31. The largest absolute Gasteiger partial charge is 0.448 e. The Morgan fingerprint density at radius 1 is 1.07 bits per heavy atom. The van der Waals surface area contributed by atoms with Gasteiger partial charge in [0.2, 0.25) is 0 Å². The first-order chi connectivity index (χ1) is 6.81. The molecule has 0 aromatic carbocycles. The van der Waals surface area contributed by atoms with E-state index in [1.807, 2.05) is 6.92 Å². The second-order valence-corrected chi connectivity index (χ2v) is 2.87. The number of ether oxygens (including phenoxy) is 2. The highest BCUT2D eigenvalue weighted by Gasteiger charge is 2.57. The molecule has 0 amide bonds. The summed E-state index contributed by atoms with van der Waals surface area (Å²) in [6.45, 7) is 1.36. The van der Waals surface area contributed by atoms with E-state index in [-0.39, 0.29) is 6.61 Å². The van der Waals surface area contributed by atoms with Crippen LogP contribution in [0.3, 0.4) is 0 Å². The first-order valence-corrected chi connectivity index (χ1v) is 4.51. The standard InChI is InChI=1S/C8H14F4O3/c1-2-3-4-14-5-6-15-8(11,12)7(9,10)13/h13H,2-6H2,1H3. The number of hydrogen-bond donors (Lipinski definition) is 1. The number of aliphatic hydroxyl groups is 1. The van der Waals surface area contributed by atoms with Gasteiger partial charge in [-0.3, -0.25) is 0 Å². The van der Waals surface area contributed by atoms with Crippen LogP contribution in [0.1, 0.15) is 19.8 Å². The number of halogens is 4. The molecule has 1 N–H and O–H groups in total. The number of alkyl halides is 4. The molecule has 15 heavy (non-hydrogen) atoms. The summed E-state index contributed by atoms with van der Waals surface area (Å²) >= 11 is 0. The van der Waals surface area contributed by atoms with Gasteiger partial charge in [-0.05, 0) is 6.42 Å². The summed E-state index contributed by atoms with van der Waals surface area (Å²) in [7, 11) is 0. The first-order valence-electron chi connectivity index (χ1n) is 4.51. The molecule has 3 nitrogen and oxygen atoms in total. The van der Waals surface area contributed by atoms with E-state index in [1.54, 1.807) is 0 Å². The van der Waals surface area contributed by atoms with E-state index in [0.717, 1.165) is 12.8 Å². The van der Waals surface area contributed by atoms with Crippen LogP contribution in [0.15, 0.2) is 0 Å². The summed E-state index contributed by atoms with van der Waals surface area (Å²) in [6, 6.07) is 0. The molecule has 0 heterocycles. The topological polar surface area (TPSA) is 38.7 Å². The molecule has 0 aliphatic heterocycles. The Bertz CT molecular complexity index is 170. The Labute approximate surface area is 85.0 Å². The third kappa shape index (κ3) is 5.91. The van der Waals surface area contributed by atoms with E-state index < -0.39 is 18.8 Å². The van der Waals surface area contributed by atoms with Gasteiger partial charge >= 0.3 is 12.2 Å². The van der Waals surface area contributed by atoms with Crippen molar-refractivity contribution < 1.29 is 32.1 Å². The summed E-state index contributed by atoms with van der Waals surface area (Å²) < 4.78 is 56.3. The molecule has 0 aromatic rings. The van der Waals surface area contributed by atoms with E-state index in [2.05, 4.69) is 4.74 Å². The molecule has 0 bridgehead atoms. The minimum Gasteiger partial charge on any atom is -0.379 e. The van der Waals surface area contributed by atoms with E-state index in [4.69, 9.17) is 9.84 Å². The Balaban J connectivity index is 3.58. The Morgan fingerprint density at radius 3 is 2.13 bits per heavy atom. The van der Waals surface area contributed by atoms with Gasteiger partial charge < -0.3 is 14.6 Å². The van der Waals surface area contributed by atoms with Crippen molar-refractivity contribution in [3.05, 3.63) is 0 Å². The van der Waals surface area contributed by atoms with E-state index >= 15 is 0 Å². The fourth-order valence-corrected chi connectivity index (χ4v) is 0.664. The first kappa shape index (κ1) is 14.6. The molecule has 0 radical (unpaired) electrons. The highest BCUT2D eigenvalue weighted by molar-refractivity contribution is 4.62. The smallest absolute Gasteiger partial charge is 0.379 e. The van der Waals surface area contributed by atoms with Crippen molar-refractivity contribution in [2.45, 2.75) is 32.0 Å². The molecule has 92 valence electrons. The lowest BCUT2D eigenvalue weighted by Gasteiger charge is -2.20. The van der Waals surface area contributed by atoms with Crippen molar-refractivity contribution in [3.8, 4) is 0 Å². The van der Waals surface area contributed by atoms with Gasteiger partial charge in [0, 0.05) is 6.61 Å². The molecule has 0 aliphatic carbocycles. The Morgan fingerprint density at radius 2 is 1.67 bits per heavy atom. The quantitative estimate of drug-likeness (QED) is 0.515. The fourth-order valence-electron chi connectivity index (χ4n) is 0.664. The second kappa shape index (κ2) is 6.24. The predicted octanol–water partition coefficient (Wildman–Crippen LogP) is 2.00. The summed E-state index contributed by atoms with van der Waals surface area (Å²) in [5.41, 5.74) is 0. The summed E-state index contributed by atoms with van der Waals surface area (Å²) in [5.74, 6) is 0. The SMILES string of the molecule is CCCCOCCOC(F)(F)C(O)(F)F. The normalized spacial score (nSPS) is 13.2. The molecular weight excluding hydrogens is 220 g/mol. The van der Waals surface area contributed by atoms with Crippen LogP contribution in [0.25, 0.3) is 0 Å². The minimum atomic E-state index is -5.17. The highest BCUT2D eigenvalue weighted by atomic mass is 19.3. The van der Waals surface area contributed by atoms with E-state index in [0.29, 0.717) is 6.61 Å². The van der Waals surface area contributed by atoms with Crippen LogP contribution < -0.4 is 0 Å². The molecule has 0 spiro atoms. The highest BCUT2D eigenvalue weighted by Crippen LogP contribution is 2.32. The Kier molecular flexibility index (Phi) is 6.07. The zero-order chi connectivity index (χ0) is 11.9. The molecule has 0 saturated heterocycles. The van der Waals surface area contributed by atoms with Gasteiger partial charge in [-0.25, -0.2) is 0 Å². The van der Waals surface area contributed by atoms with Crippen LogP contribution >= 0.6 is 0 Å². The van der Waals surface area contributed by atoms with E-state index in [9.17, 15) is 17.6 Å². The zero-order valence-corrected chi connectivity index (χ0v) is 8.31. The molecule has 0 unspecified atom stereocenters.